The van der Waals surface area contributed by atoms with Gasteiger partial charge in [-0.3, -0.25) is 4.90 Å². The molecule has 0 unspecified atom stereocenters. The monoisotopic (exact) mass is 418 g/mol. The fourth-order valence-corrected chi connectivity index (χ4v) is 4.33. The second kappa shape index (κ2) is 7.62. The van der Waals surface area contributed by atoms with Crippen LogP contribution in [0.3, 0.4) is 0 Å². The Morgan fingerprint density at radius 3 is 2.77 bits per heavy atom. The zero-order chi connectivity index (χ0) is 20.6. The Labute approximate surface area is 178 Å². The number of fused-ring (bicyclic) bond motifs is 2. The quantitative estimate of drug-likeness (QED) is 0.484. The predicted molar refractivity (Wildman–Crippen MR) is 110 cm³/mol. The molecule has 0 amide bonds. The molecule has 0 atom stereocenters. The van der Waals surface area contributed by atoms with E-state index in [0.717, 1.165) is 50.3 Å². The third-order valence-corrected chi connectivity index (χ3v) is 5.95. The minimum Gasteiger partial charge on any atom is -0.418 e. The number of hydrogen-bond acceptors (Lipinski definition) is 9. The maximum Gasteiger partial charge on any atom is 0.295 e. The summed E-state index contributed by atoms with van der Waals surface area (Å²) >= 11 is 0. The van der Waals surface area contributed by atoms with Crippen molar-refractivity contribution in [2.75, 3.05) is 18.4 Å². The Morgan fingerprint density at radius 2 is 1.90 bits per heavy atom. The summed E-state index contributed by atoms with van der Waals surface area (Å²) < 4.78 is 11.6. The molecule has 6 rings (SSSR count). The van der Waals surface area contributed by atoms with Crippen LogP contribution >= 0.6 is 0 Å². The number of oxazole rings is 1. The zero-order valence-electron chi connectivity index (χ0n) is 16.9. The van der Waals surface area contributed by atoms with Crippen LogP contribution in [0.1, 0.15) is 28.4 Å². The van der Waals surface area contributed by atoms with Gasteiger partial charge in [-0.05, 0) is 24.0 Å². The smallest absolute Gasteiger partial charge is 0.295 e. The molecule has 10 nitrogen and oxygen atoms in total. The molecule has 0 bridgehead atoms. The van der Waals surface area contributed by atoms with Crippen molar-refractivity contribution in [2.24, 2.45) is 0 Å². The molecule has 0 saturated heterocycles. The highest BCUT2D eigenvalue weighted by Crippen LogP contribution is 2.26. The Bertz CT molecular complexity index is 1170. The molecule has 2 aliphatic rings. The van der Waals surface area contributed by atoms with E-state index in [4.69, 9.17) is 8.83 Å². The van der Waals surface area contributed by atoms with Crippen LogP contribution in [0.4, 0.5) is 6.01 Å². The van der Waals surface area contributed by atoms with Gasteiger partial charge in [-0.2, -0.15) is 15.4 Å². The number of rotatable bonds is 6. The molecule has 0 saturated carbocycles. The van der Waals surface area contributed by atoms with E-state index >= 15 is 0 Å². The highest BCUT2D eigenvalue weighted by atomic mass is 16.4. The predicted octanol–water partition coefficient (Wildman–Crippen LogP) is 2.02. The maximum absolute atomic E-state index is 5.82. The van der Waals surface area contributed by atoms with Crippen LogP contribution < -0.4 is 5.32 Å². The first kappa shape index (κ1) is 18.3. The third kappa shape index (κ3) is 3.70. The molecule has 4 heterocycles. The van der Waals surface area contributed by atoms with Gasteiger partial charge in [0.15, 0.2) is 0 Å². The largest absolute Gasteiger partial charge is 0.418 e. The number of benzene rings is 1. The average molecular weight is 418 g/mol. The lowest BCUT2D eigenvalue weighted by molar-refractivity contribution is 0.246. The van der Waals surface area contributed by atoms with Crippen LogP contribution in [-0.2, 0) is 32.2 Å². The summed E-state index contributed by atoms with van der Waals surface area (Å²) in [5, 5.41) is 22.7. The molecular formula is C21H22N8O2. The molecule has 2 N–H and O–H groups in total. The van der Waals surface area contributed by atoms with E-state index in [1.165, 1.54) is 11.1 Å². The van der Waals surface area contributed by atoms with Crippen molar-refractivity contribution in [2.45, 2.75) is 38.3 Å². The van der Waals surface area contributed by atoms with Gasteiger partial charge >= 0.3 is 0 Å². The Kier molecular flexibility index (Phi) is 4.49. The molecule has 0 radical (unpaired) electrons. The van der Waals surface area contributed by atoms with Gasteiger partial charge in [0.25, 0.3) is 11.9 Å². The van der Waals surface area contributed by atoms with Gasteiger partial charge < -0.3 is 14.2 Å². The summed E-state index contributed by atoms with van der Waals surface area (Å²) in [5.41, 5.74) is 4.83. The van der Waals surface area contributed by atoms with E-state index in [1.54, 1.807) is 6.20 Å². The molecule has 4 aromatic rings. The van der Waals surface area contributed by atoms with Crippen molar-refractivity contribution >= 4 is 6.01 Å². The SMILES string of the molecule is c1ccc2c(c1)CC(Nc1ncc(-c3nnc(CCN4CCc5n[nH]nc5C4)o3)o1)C2. The molecule has 1 aliphatic carbocycles. The van der Waals surface area contributed by atoms with Crippen molar-refractivity contribution < 1.29 is 8.83 Å². The van der Waals surface area contributed by atoms with E-state index in [0.29, 0.717) is 30.0 Å². The first-order chi connectivity index (χ1) is 15.3. The first-order valence-electron chi connectivity index (χ1n) is 10.5. The molecule has 158 valence electrons. The van der Waals surface area contributed by atoms with E-state index in [1.807, 2.05) is 0 Å². The minimum absolute atomic E-state index is 0.275. The van der Waals surface area contributed by atoms with Crippen molar-refractivity contribution in [1.82, 2.24) is 35.5 Å². The lowest BCUT2D eigenvalue weighted by atomic mass is 10.1. The van der Waals surface area contributed by atoms with Crippen LogP contribution in [0.15, 0.2) is 39.3 Å². The average Bonchev–Trinajstić information content (AvgIpc) is 3.57. The minimum atomic E-state index is 0.275. The van der Waals surface area contributed by atoms with Crippen molar-refractivity contribution in [1.29, 1.82) is 0 Å². The van der Waals surface area contributed by atoms with Gasteiger partial charge in [0.1, 0.15) is 0 Å². The molecule has 1 aliphatic heterocycles. The molecule has 3 aromatic heterocycles. The molecule has 1 aromatic carbocycles. The fraction of sp³-hybridized carbons (Fsp3) is 0.381. The summed E-state index contributed by atoms with van der Waals surface area (Å²) in [6.45, 7) is 2.55. The number of anilines is 1. The summed E-state index contributed by atoms with van der Waals surface area (Å²) in [5.74, 6) is 1.41. The van der Waals surface area contributed by atoms with E-state index in [2.05, 4.69) is 65.1 Å². The summed E-state index contributed by atoms with van der Waals surface area (Å²) in [6, 6.07) is 9.25. The van der Waals surface area contributed by atoms with Crippen molar-refractivity contribution in [3.8, 4) is 11.7 Å². The second-order valence-electron chi connectivity index (χ2n) is 8.04. The highest BCUT2D eigenvalue weighted by molar-refractivity contribution is 5.45. The van der Waals surface area contributed by atoms with Gasteiger partial charge in [-0.25, -0.2) is 4.98 Å². The number of nitrogens with zero attached hydrogens (tertiary/aromatic N) is 6. The Hall–Kier alpha value is -3.53. The number of aromatic nitrogens is 6. The van der Waals surface area contributed by atoms with Gasteiger partial charge in [0.05, 0.1) is 17.6 Å². The van der Waals surface area contributed by atoms with Crippen LogP contribution in [0, 0.1) is 0 Å². The van der Waals surface area contributed by atoms with Crippen molar-refractivity contribution in [3.05, 3.63) is 58.9 Å². The summed E-state index contributed by atoms with van der Waals surface area (Å²) in [6.07, 6.45) is 5.12. The Balaban J connectivity index is 1.05. The van der Waals surface area contributed by atoms with Gasteiger partial charge in [-0.15, -0.1) is 10.2 Å². The van der Waals surface area contributed by atoms with E-state index in [9.17, 15) is 0 Å². The molecule has 0 spiro atoms. The Morgan fingerprint density at radius 1 is 1.06 bits per heavy atom. The molecule has 31 heavy (non-hydrogen) atoms. The second-order valence-corrected chi connectivity index (χ2v) is 8.04. The maximum atomic E-state index is 5.82. The fourth-order valence-electron chi connectivity index (χ4n) is 4.33. The topological polar surface area (TPSA) is 122 Å². The van der Waals surface area contributed by atoms with Crippen LogP contribution in [0.25, 0.3) is 11.7 Å². The lowest BCUT2D eigenvalue weighted by Crippen LogP contribution is -2.32. The lowest BCUT2D eigenvalue weighted by Gasteiger charge is -2.24. The molecule has 0 fully saturated rings. The van der Waals surface area contributed by atoms with Gasteiger partial charge in [0.2, 0.25) is 11.7 Å². The van der Waals surface area contributed by atoms with Crippen LogP contribution in [0.5, 0.6) is 0 Å². The van der Waals surface area contributed by atoms with Crippen LogP contribution in [-0.4, -0.2) is 54.6 Å². The summed E-state index contributed by atoms with van der Waals surface area (Å²) in [7, 11) is 0. The van der Waals surface area contributed by atoms with Gasteiger partial charge in [0, 0.05) is 38.5 Å². The highest BCUT2D eigenvalue weighted by Gasteiger charge is 2.23. The normalized spacial score (nSPS) is 16.4. The number of aromatic amines is 1. The third-order valence-electron chi connectivity index (χ3n) is 5.95. The van der Waals surface area contributed by atoms with E-state index in [-0.39, 0.29) is 6.04 Å². The standard InChI is InChI=1S/C21H22N8O2/c1-2-4-14-10-15(9-13(14)3-1)23-21-22-11-18(30-21)20-27-26-19(31-20)6-8-29-7-5-16-17(12-29)25-28-24-16/h1-4,11,15H,5-10,12H2,(H,22,23)(H,24,25,28). The summed E-state index contributed by atoms with van der Waals surface area (Å²) in [4.78, 5) is 6.64. The zero-order valence-corrected chi connectivity index (χ0v) is 16.9. The van der Waals surface area contributed by atoms with Crippen molar-refractivity contribution in [3.63, 3.8) is 0 Å². The number of H-pyrrole nitrogens is 1. The van der Waals surface area contributed by atoms with E-state index < -0.39 is 0 Å². The first-order valence-corrected chi connectivity index (χ1v) is 10.5. The number of hydrogen-bond donors (Lipinski definition) is 2. The number of nitrogens with one attached hydrogen (secondary N) is 2. The van der Waals surface area contributed by atoms with Gasteiger partial charge in [-0.1, -0.05) is 24.3 Å². The van der Waals surface area contributed by atoms with Crippen LogP contribution in [0.2, 0.25) is 0 Å². The molecular weight excluding hydrogens is 396 g/mol. The molecule has 10 heteroatoms.